The van der Waals surface area contributed by atoms with Gasteiger partial charge in [-0.2, -0.15) is 5.06 Å². The largest absolute Gasteiger partial charge is 0.374 e. The summed E-state index contributed by atoms with van der Waals surface area (Å²) in [4.78, 5) is 6.15. The zero-order valence-electron chi connectivity index (χ0n) is 12.7. The molecule has 4 heteroatoms. The summed E-state index contributed by atoms with van der Waals surface area (Å²) in [5.74, 6) is 0. The van der Waals surface area contributed by atoms with Gasteiger partial charge >= 0.3 is 0 Å². The first kappa shape index (κ1) is 14.0. The summed E-state index contributed by atoms with van der Waals surface area (Å²) < 4.78 is 11.1. The molecule has 2 heterocycles. The lowest BCUT2D eigenvalue weighted by atomic mass is 9.91. The highest BCUT2D eigenvalue weighted by atomic mass is 16.8. The van der Waals surface area contributed by atoms with E-state index in [-0.39, 0.29) is 17.4 Å². The number of ether oxygens (including phenoxy) is 2. The minimum Gasteiger partial charge on any atom is -0.374 e. The Morgan fingerprint density at radius 3 is 2.15 bits per heavy atom. The van der Waals surface area contributed by atoms with Gasteiger partial charge in [0, 0.05) is 0 Å². The molecule has 0 bridgehead atoms. The molecule has 2 aliphatic heterocycles. The second-order valence-corrected chi connectivity index (χ2v) is 6.44. The van der Waals surface area contributed by atoms with Crippen molar-refractivity contribution in [1.82, 2.24) is 5.06 Å². The van der Waals surface area contributed by atoms with Crippen LogP contribution in [0.2, 0.25) is 0 Å². The lowest BCUT2D eigenvalue weighted by Gasteiger charge is -2.41. The van der Waals surface area contributed by atoms with E-state index >= 15 is 0 Å². The second kappa shape index (κ2) is 4.81. The number of fused-ring (bicyclic) bond motifs is 1. The number of hydrogen-bond donors (Lipinski definition) is 0. The van der Waals surface area contributed by atoms with Crippen LogP contribution in [-0.4, -0.2) is 31.2 Å². The van der Waals surface area contributed by atoms with Crippen LogP contribution in [0.3, 0.4) is 0 Å². The van der Waals surface area contributed by atoms with Crippen LogP contribution in [0.15, 0.2) is 24.3 Å². The van der Waals surface area contributed by atoms with Crippen molar-refractivity contribution in [3.8, 4) is 0 Å². The van der Waals surface area contributed by atoms with E-state index in [4.69, 9.17) is 14.3 Å². The van der Waals surface area contributed by atoms with E-state index in [1.807, 2.05) is 0 Å². The Morgan fingerprint density at radius 1 is 1.05 bits per heavy atom. The third-order valence-electron chi connectivity index (χ3n) is 4.27. The number of benzene rings is 1. The Bertz CT molecular complexity index is 457. The lowest BCUT2D eigenvalue weighted by molar-refractivity contribution is -0.361. The van der Waals surface area contributed by atoms with Crippen LogP contribution in [0.25, 0.3) is 0 Å². The third kappa shape index (κ3) is 2.07. The van der Waals surface area contributed by atoms with Crippen molar-refractivity contribution >= 4 is 0 Å². The summed E-state index contributed by atoms with van der Waals surface area (Å²) >= 11 is 0. The van der Waals surface area contributed by atoms with E-state index in [0.717, 1.165) is 0 Å². The molecule has 0 aromatic heterocycles. The van der Waals surface area contributed by atoms with Crippen molar-refractivity contribution in [3.05, 3.63) is 35.4 Å². The summed E-state index contributed by atoms with van der Waals surface area (Å²) in [5, 5.41) is 2.06. The van der Waals surface area contributed by atoms with Gasteiger partial charge in [-0.3, -0.25) is 4.84 Å². The van der Waals surface area contributed by atoms with Gasteiger partial charge in [0.05, 0.1) is 30.9 Å². The molecule has 1 fully saturated rings. The van der Waals surface area contributed by atoms with Gasteiger partial charge in [-0.1, -0.05) is 24.3 Å². The molecule has 0 N–H and O–H groups in total. The smallest absolute Gasteiger partial charge is 0.201 e. The first-order valence-electron chi connectivity index (χ1n) is 7.20. The fourth-order valence-corrected chi connectivity index (χ4v) is 3.38. The highest BCUT2D eigenvalue weighted by Crippen LogP contribution is 2.49. The van der Waals surface area contributed by atoms with Crippen LogP contribution >= 0.6 is 0 Å². The van der Waals surface area contributed by atoms with E-state index in [1.165, 1.54) is 11.1 Å². The zero-order chi connectivity index (χ0) is 14.4. The van der Waals surface area contributed by atoms with Crippen LogP contribution < -0.4 is 0 Å². The Morgan fingerprint density at radius 2 is 1.65 bits per heavy atom. The van der Waals surface area contributed by atoms with Gasteiger partial charge < -0.3 is 9.47 Å². The SMILES string of the molecule is CC1(C)c2ccccc2C(C)(C)N1OC1COCCO1. The molecule has 4 nitrogen and oxygen atoms in total. The molecule has 2 aliphatic rings. The zero-order valence-corrected chi connectivity index (χ0v) is 12.7. The van der Waals surface area contributed by atoms with Gasteiger partial charge in [-0.25, -0.2) is 0 Å². The maximum Gasteiger partial charge on any atom is 0.201 e. The average molecular weight is 277 g/mol. The molecule has 0 radical (unpaired) electrons. The molecule has 1 aromatic rings. The van der Waals surface area contributed by atoms with Gasteiger partial charge in [-0.15, -0.1) is 0 Å². The van der Waals surface area contributed by atoms with E-state index in [0.29, 0.717) is 19.8 Å². The Hall–Kier alpha value is -0.940. The van der Waals surface area contributed by atoms with Gasteiger partial charge in [0.2, 0.25) is 6.29 Å². The highest BCUT2D eigenvalue weighted by molar-refractivity contribution is 5.42. The van der Waals surface area contributed by atoms with E-state index in [2.05, 4.69) is 57.0 Å². The van der Waals surface area contributed by atoms with Crippen LogP contribution in [-0.2, 0) is 25.4 Å². The molecule has 1 atom stereocenters. The van der Waals surface area contributed by atoms with Crippen LogP contribution in [0.5, 0.6) is 0 Å². The topological polar surface area (TPSA) is 30.9 Å². The number of rotatable bonds is 2. The Labute approximate surface area is 120 Å². The Kier molecular flexibility index (Phi) is 3.37. The molecule has 0 saturated carbocycles. The first-order chi connectivity index (χ1) is 9.44. The summed E-state index contributed by atoms with van der Waals surface area (Å²) in [6.07, 6.45) is -0.323. The fraction of sp³-hybridized carbons (Fsp3) is 0.625. The van der Waals surface area contributed by atoms with Crippen LogP contribution in [0.4, 0.5) is 0 Å². The summed E-state index contributed by atoms with van der Waals surface area (Å²) in [7, 11) is 0. The standard InChI is InChI=1S/C16H23NO3/c1-15(2)12-7-5-6-8-13(12)16(3,4)17(15)20-14-11-18-9-10-19-14/h5-8,14H,9-11H2,1-4H3. The molecule has 0 spiro atoms. The number of nitrogens with zero attached hydrogens (tertiary/aromatic N) is 1. The normalized spacial score (nSPS) is 28.3. The maximum atomic E-state index is 6.15. The van der Waals surface area contributed by atoms with Gasteiger partial charge in [0.15, 0.2) is 0 Å². The maximum absolute atomic E-state index is 6.15. The van der Waals surface area contributed by atoms with Crippen molar-refractivity contribution in [2.24, 2.45) is 0 Å². The molecule has 20 heavy (non-hydrogen) atoms. The predicted molar refractivity (Wildman–Crippen MR) is 76.0 cm³/mol. The second-order valence-electron chi connectivity index (χ2n) is 6.44. The molecule has 110 valence electrons. The third-order valence-corrected chi connectivity index (χ3v) is 4.27. The van der Waals surface area contributed by atoms with Crippen molar-refractivity contribution in [3.63, 3.8) is 0 Å². The molecule has 0 amide bonds. The number of hydroxylamine groups is 2. The average Bonchev–Trinajstić information content (AvgIpc) is 2.59. The fourth-order valence-electron chi connectivity index (χ4n) is 3.38. The monoisotopic (exact) mass is 277 g/mol. The van der Waals surface area contributed by atoms with E-state index < -0.39 is 0 Å². The number of hydrogen-bond acceptors (Lipinski definition) is 4. The molecule has 1 saturated heterocycles. The Balaban J connectivity index is 1.91. The highest BCUT2D eigenvalue weighted by Gasteiger charge is 2.51. The summed E-state index contributed by atoms with van der Waals surface area (Å²) in [5.41, 5.74) is 2.23. The molecule has 0 aliphatic carbocycles. The van der Waals surface area contributed by atoms with Crippen molar-refractivity contribution in [2.45, 2.75) is 45.1 Å². The first-order valence-corrected chi connectivity index (χ1v) is 7.20. The van der Waals surface area contributed by atoms with E-state index in [1.54, 1.807) is 0 Å². The molecular weight excluding hydrogens is 254 g/mol. The van der Waals surface area contributed by atoms with Gasteiger partial charge in [0.1, 0.15) is 0 Å². The minimum atomic E-state index is -0.323. The molecule has 3 rings (SSSR count). The molecule has 1 unspecified atom stereocenters. The van der Waals surface area contributed by atoms with Crippen molar-refractivity contribution in [2.75, 3.05) is 19.8 Å². The van der Waals surface area contributed by atoms with E-state index in [9.17, 15) is 0 Å². The molecular formula is C16H23NO3. The summed E-state index contributed by atoms with van der Waals surface area (Å²) in [6.45, 7) is 10.5. The quantitative estimate of drug-likeness (QED) is 0.831. The summed E-state index contributed by atoms with van der Waals surface area (Å²) in [6, 6.07) is 8.53. The minimum absolute atomic E-state index is 0.194. The van der Waals surface area contributed by atoms with Crippen molar-refractivity contribution < 1.29 is 14.3 Å². The van der Waals surface area contributed by atoms with Crippen LogP contribution in [0.1, 0.15) is 38.8 Å². The van der Waals surface area contributed by atoms with Crippen LogP contribution in [0, 0.1) is 0 Å². The molecule has 1 aromatic carbocycles. The van der Waals surface area contributed by atoms with Gasteiger partial charge in [-0.05, 0) is 38.8 Å². The lowest BCUT2D eigenvalue weighted by Crippen LogP contribution is -2.49. The predicted octanol–water partition coefficient (Wildman–Crippen LogP) is 2.78. The van der Waals surface area contributed by atoms with Crippen molar-refractivity contribution in [1.29, 1.82) is 0 Å². The van der Waals surface area contributed by atoms with Gasteiger partial charge in [0.25, 0.3) is 0 Å².